The molecule has 3 atom stereocenters. The number of rotatable bonds is 8. The van der Waals surface area contributed by atoms with E-state index in [9.17, 15) is 14.4 Å². The minimum absolute atomic E-state index is 0.0524. The molecule has 8 heteroatoms. The van der Waals surface area contributed by atoms with Crippen LogP contribution in [0.4, 0.5) is 4.79 Å². The number of hydrogen-bond donors (Lipinski definition) is 3. The normalized spacial score (nSPS) is 19.9. The Hall–Kier alpha value is -3.39. The number of carboxylic acids is 1. The second-order valence-corrected chi connectivity index (χ2v) is 8.37. The van der Waals surface area contributed by atoms with E-state index in [-0.39, 0.29) is 18.9 Å². The molecule has 8 nitrogen and oxygen atoms in total. The lowest BCUT2D eigenvalue weighted by Crippen LogP contribution is -2.50. The molecule has 0 radical (unpaired) electrons. The van der Waals surface area contributed by atoms with Crippen LogP contribution in [0.15, 0.2) is 48.5 Å². The van der Waals surface area contributed by atoms with Crippen molar-refractivity contribution in [3.8, 4) is 11.1 Å². The van der Waals surface area contributed by atoms with Crippen LogP contribution >= 0.6 is 0 Å². The molecule has 2 amide bonds. The standard InChI is InChI=1S/C25H28N2O6/c1-2-15(13-22(28)29)26-24(30)23-21(11-12-32-23)27-25(31)33-14-20-18-9-5-3-7-16(18)17-8-4-6-10-19(17)20/h3-10,15,20-21,23H,2,11-14H2,1H3,(H,26,30)(H,27,31)(H,28,29)/t15-,21-,23+/m1/s1. The van der Waals surface area contributed by atoms with Crippen molar-refractivity contribution in [2.75, 3.05) is 13.2 Å². The minimum Gasteiger partial charge on any atom is -0.481 e. The van der Waals surface area contributed by atoms with Gasteiger partial charge in [-0.3, -0.25) is 9.59 Å². The fourth-order valence-corrected chi connectivity index (χ4v) is 4.58. The second-order valence-electron chi connectivity index (χ2n) is 8.37. The number of alkyl carbamates (subject to hydrolysis) is 1. The summed E-state index contributed by atoms with van der Waals surface area (Å²) in [5.74, 6) is -1.46. The highest BCUT2D eigenvalue weighted by atomic mass is 16.6. The average Bonchev–Trinajstić information content (AvgIpc) is 3.39. The van der Waals surface area contributed by atoms with Gasteiger partial charge in [0.05, 0.1) is 12.5 Å². The third-order valence-corrected chi connectivity index (χ3v) is 6.26. The number of hydrogen-bond acceptors (Lipinski definition) is 5. The van der Waals surface area contributed by atoms with Crippen LogP contribution < -0.4 is 10.6 Å². The molecular formula is C25H28N2O6. The number of carbonyl (C=O) groups is 3. The molecule has 1 aliphatic heterocycles. The predicted molar refractivity (Wildman–Crippen MR) is 121 cm³/mol. The van der Waals surface area contributed by atoms with Crippen molar-refractivity contribution in [1.82, 2.24) is 10.6 Å². The third-order valence-electron chi connectivity index (χ3n) is 6.26. The molecule has 2 aliphatic rings. The first-order valence-electron chi connectivity index (χ1n) is 11.2. The Morgan fingerprint density at radius 3 is 2.33 bits per heavy atom. The molecule has 0 aromatic heterocycles. The SMILES string of the molecule is CC[C@H](CC(=O)O)NC(=O)[C@H]1OCC[C@H]1NC(=O)OCC1c2ccccc2-c2ccccc21. The van der Waals surface area contributed by atoms with Crippen molar-refractivity contribution in [3.63, 3.8) is 0 Å². The van der Waals surface area contributed by atoms with Gasteiger partial charge in [-0.2, -0.15) is 0 Å². The Morgan fingerprint density at radius 1 is 1.09 bits per heavy atom. The fraction of sp³-hybridized carbons (Fsp3) is 0.400. The van der Waals surface area contributed by atoms with Gasteiger partial charge in [0.15, 0.2) is 6.10 Å². The van der Waals surface area contributed by atoms with E-state index in [2.05, 4.69) is 22.8 Å². The largest absolute Gasteiger partial charge is 0.481 e. The number of fused-ring (bicyclic) bond motifs is 3. The number of carboxylic acid groups (broad SMARTS) is 1. The first-order chi connectivity index (χ1) is 16.0. The number of nitrogens with one attached hydrogen (secondary N) is 2. The molecule has 1 saturated heterocycles. The summed E-state index contributed by atoms with van der Waals surface area (Å²) in [5.41, 5.74) is 4.54. The molecule has 1 fully saturated rings. The van der Waals surface area contributed by atoms with Crippen molar-refractivity contribution in [2.45, 2.75) is 50.3 Å². The molecule has 33 heavy (non-hydrogen) atoms. The molecule has 4 rings (SSSR count). The molecular weight excluding hydrogens is 424 g/mol. The summed E-state index contributed by atoms with van der Waals surface area (Å²) in [5, 5.41) is 14.4. The predicted octanol–water partition coefficient (Wildman–Crippen LogP) is 3.05. The highest BCUT2D eigenvalue weighted by Gasteiger charge is 2.37. The van der Waals surface area contributed by atoms with Gasteiger partial charge in [0.25, 0.3) is 5.91 Å². The lowest BCUT2D eigenvalue weighted by atomic mass is 9.98. The van der Waals surface area contributed by atoms with E-state index in [1.807, 2.05) is 36.4 Å². The smallest absolute Gasteiger partial charge is 0.407 e. The molecule has 1 aliphatic carbocycles. The molecule has 3 N–H and O–H groups in total. The van der Waals surface area contributed by atoms with Crippen LogP contribution in [0.25, 0.3) is 11.1 Å². The molecule has 0 spiro atoms. The van der Waals surface area contributed by atoms with Crippen LogP contribution in [0.2, 0.25) is 0 Å². The third kappa shape index (κ3) is 5.01. The quantitative estimate of drug-likeness (QED) is 0.567. The van der Waals surface area contributed by atoms with E-state index in [4.69, 9.17) is 14.6 Å². The zero-order valence-corrected chi connectivity index (χ0v) is 18.5. The van der Waals surface area contributed by atoms with E-state index < -0.39 is 36.2 Å². The van der Waals surface area contributed by atoms with E-state index in [0.29, 0.717) is 19.4 Å². The Labute approximate surface area is 192 Å². The molecule has 1 heterocycles. The van der Waals surface area contributed by atoms with Gasteiger partial charge in [-0.25, -0.2) is 4.79 Å². The van der Waals surface area contributed by atoms with Gasteiger partial charge in [0.2, 0.25) is 0 Å². The molecule has 2 aromatic rings. The van der Waals surface area contributed by atoms with Crippen LogP contribution in [-0.2, 0) is 19.1 Å². The summed E-state index contributed by atoms with van der Waals surface area (Å²) in [6, 6.07) is 15.2. The summed E-state index contributed by atoms with van der Waals surface area (Å²) in [7, 11) is 0. The van der Waals surface area contributed by atoms with Gasteiger partial charge in [-0.1, -0.05) is 55.5 Å². The zero-order chi connectivity index (χ0) is 23.4. The summed E-state index contributed by atoms with van der Waals surface area (Å²) in [6.45, 7) is 2.30. The topological polar surface area (TPSA) is 114 Å². The maximum Gasteiger partial charge on any atom is 0.407 e. The number of amides is 2. The fourth-order valence-electron chi connectivity index (χ4n) is 4.58. The monoisotopic (exact) mass is 452 g/mol. The van der Waals surface area contributed by atoms with Crippen molar-refractivity contribution in [2.24, 2.45) is 0 Å². The molecule has 0 unspecified atom stereocenters. The molecule has 174 valence electrons. The first-order valence-corrected chi connectivity index (χ1v) is 11.2. The summed E-state index contributed by atoms with van der Waals surface area (Å²) in [4.78, 5) is 36.1. The van der Waals surface area contributed by atoms with E-state index in [1.54, 1.807) is 6.92 Å². The van der Waals surface area contributed by atoms with Crippen molar-refractivity contribution in [3.05, 3.63) is 59.7 Å². The lowest BCUT2D eigenvalue weighted by molar-refractivity contribution is -0.138. The van der Waals surface area contributed by atoms with Crippen LogP contribution in [0.1, 0.15) is 43.2 Å². The van der Waals surface area contributed by atoms with Gasteiger partial charge >= 0.3 is 12.1 Å². The van der Waals surface area contributed by atoms with Crippen molar-refractivity contribution < 1.29 is 29.0 Å². The Morgan fingerprint density at radius 2 is 1.73 bits per heavy atom. The Balaban J connectivity index is 1.35. The van der Waals surface area contributed by atoms with Crippen molar-refractivity contribution >= 4 is 18.0 Å². The van der Waals surface area contributed by atoms with Gasteiger partial charge in [0.1, 0.15) is 6.61 Å². The van der Waals surface area contributed by atoms with Crippen LogP contribution in [0.3, 0.4) is 0 Å². The van der Waals surface area contributed by atoms with Crippen LogP contribution in [-0.4, -0.2) is 54.5 Å². The van der Waals surface area contributed by atoms with Crippen LogP contribution in [0.5, 0.6) is 0 Å². The van der Waals surface area contributed by atoms with E-state index in [1.165, 1.54) is 0 Å². The lowest BCUT2D eigenvalue weighted by Gasteiger charge is -2.22. The van der Waals surface area contributed by atoms with E-state index in [0.717, 1.165) is 22.3 Å². The number of carbonyl (C=O) groups excluding carboxylic acids is 2. The van der Waals surface area contributed by atoms with Crippen LogP contribution in [0, 0.1) is 0 Å². The Bertz CT molecular complexity index is 994. The minimum atomic E-state index is -0.984. The zero-order valence-electron chi connectivity index (χ0n) is 18.5. The maximum atomic E-state index is 12.6. The Kier molecular flexibility index (Phi) is 6.93. The van der Waals surface area contributed by atoms with Gasteiger partial charge in [0, 0.05) is 18.6 Å². The van der Waals surface area contributed by atoms with Gasteiger partial charge in [-0.15, -0.1) is 0 Å². The molecule has 0 saturated carbocycles. The summed E-state index contributed by atoms with van der Waals surface area (Å²) >= 11 is 0. The molecule has 0 bridgehead atoms. The van der Waals surface area contributed by atoms with Gasteiger partial charge in [-0.05, 0) is 35.1 Å². The van der Waals surface area contributed by atoms with E-state index >= 15 is 0 Å². The number of ether oxygens (including phenoxy) is 2. The second kappa shape index (κ2) is 10.0. The highest BCUT2D eigenvalue weighted by Crippen LogP contribution is 2.44. The number of aliphatic carboxylic acids is 1. The average molecular weight is 453 g/mol. The highest BCUT2D eigenvalue weighted by molar-refractivity contribution is 5.84. The molecule has 2 aromatic carbocycles. The first kappa shape index (κ1) is 22.8. The van der Waals surface area contributed by atoms with Gasteiger partial charge < -0.3 is 25.2 Å². The number of benzene rings is 2. The van der Waals surface area contributed by atoms with Crippen molar-refractivity contribution in [1.29, 1.82) is 0 Å². The summed E-state index contributed by atoms with van der Waals surface area (Å²) < 4.78 is 11.1. The summed E-state index contributed by atoms with van der Waals surface area (Å²) in [6.07, 6.45) is -0.705. The maximum absolute atomic E-state index is 12.6.